The molecule has 1 unspecified atom stereocenters. The molecule has 180 valence electrons. The van der Waals surface area contributed by atoms with E-state index in [1.807, 2.05) is 87.5 Å². The number of carbonyl (C=O) groups is 1. The number of hydrogen-bond donors (Lipinski definition) is 1. The van der Waals surface area contributed by atoms with Crippen molar-refractivity contribution in [2.75, 3.05) is 11.9 Å². The molecule has 0 aliphatic carbocycles. The number of nitrogens with zero attached hydrogens (tertiary/aromatic N) is 3. The van der Waals surface area contributed by atoms with Crippen molar-refractivity contribution in [2.45, 2.75) is 40.7 Å². The van der Waals surface area contributed by atoms with Gasteiger partial charge in [-0.25, -0.2) is 9.78 Å². The molecule has 1 heterocycles. The normalized spacial score (nSPS) is 12.1. The molecule has 3 aromatic carbocycles. The van der Waals surface area contributed by atoms with Gasteiger partial charge in [0.15, 0.2) is 0 Å². The average Bonchev–Trinajstić information content (AvgIpc) is 2.83. The number of aromatic nitrogens is 2. The lowest BCUT2D eigenvalue weighted by atomic mass is 10.1. The van der Waals surface area contributed by atoms with Crippen LogP contribution in [-0.2, 0) is 0 Å². The molecular formula is C29H32N4O2. The van der Waals surface area contributed by atoms with E-state index in [4.69, 9.17) is 4.98 Å². The molecule has 1 N–H and O–H groups in total. The predicted molar refractivity (Wildman–Crippen MR) is 142 cm³/mol. The first-order valence-electron chi connectivity index (χ1n) is 12.0. The van der Waals surface area contributed by atoms with Crippen molar-refractivity contribution in [2.24, 2.45) is 5.92 Å². The number of fused-ring (bicyclic) bond motifs is 1. The predicted octanol–water partition coefficient (Wildman–Crippen LogP) is 6.25. The number of amides is 2. The zero-order chi connectivity index (χ0) is 25.1. The Morgan fingerprint density at radius 2 is 1.69 bits per heavy atom. The van der Waals surface area contributed by atoms with Gasteiger partial charge < -0.3 is 10.2 Å². The molecule has 0 aliphatic rings. The van der Waals surface area contributed by atoms with Crippen LogP contribution in [0.15, 0.2) is 77.6 Å². The molecule has 0 saturated heterocycles. The molecule has 35 heavy (non-hydrogen) atoms. The third kappa shape index (κ3) is 5.11. The lowest BCUT2D eigenvalue weighted by molar-refractivity contribution is 0.179. The number of para-hydroxylation sites is 2. The summed E-state index contributed by atoms with van der Waals surface area (Å²) in [6.07, 6.45) is 0. The van der Waals surface area contributed by atoms with Crippen molar-refractivity contribution in [1.29, 1.82) is 0 Å². The minimum atomic E-state index is -0.459. The molecule has 4 aromatic rings. The third-order valence-electron chi connectivity index (χ3n) is 6.11. The second-order valence-electron chi connectivity index (χ2n) is 9.43. The summed E-state index contributed by atoms with van der Waals surface area (Å²) in [5.74, 6) is 0.750. The van der Waals surface area contributed by atoms with Crippen molar-refractivity contribution in [3.63, 3.8) is 0 Å². The number of nitrogens with one attached hydrogen (secondary N) is 1. The van der Waals surface area contributed by atoms with Gasteiger partial charge in [-0.1, -0.05) is 56.3 Å². The summed E-state index contributed by atoms with van der Waals surface area (Å²) in [5.41, 5.74) is 4.00. The van der Waals surface area contributed by atoms with Crippen LogP contribution in [0.5, 0.6) is 0 Å². The van der Waals surface area contributed by atoms with E-state index >= 15 is 0 Å². The van der Waals surface area contributed by atoms with E-state index in [9.17, 15) is 9.59 Å². The maximum Gasteiger partial charge on any atom is 0.322 e. The highest BCUT2D eigenvalue weighted by Crippen LogP contribution is 2.25. The van der Waals surface area contributed by atoms with Crippen molar-refractivity contribution in [3.05, 3.63) is 100 Å². The second-order valence-corrected chi connectivity index (χ2v) is 9.43. The van der Waals surface area contributed by atoms with E-state index in [-0.39, 0.29) is 17.5 Å². The van der Waals surface area contributed by atoms with Crippen LogP contribution < -0.4 is 10.9 Å². The molecular weight excluding hydrogens is 436 g/mol. The number of carbonyl (C=O) groups excluding carboxylic acids is 1. The molecule has 0 bridgehead atoms. The zero-order valence-electron chi connectivity index (χ0n) is 20.9. The van der Waals surface area contributed by atoms with E-state index in [0.717, 1.165) is 22.5 Å². The fraction of sp³-hybridized carbons (Fsp3) is 0.276. The van der Waals surface area contributed by atoms with E-state index in [2.05, 4.69) is 19.2 Å². The van der Waals surface area contributed by atoms with Crippen LogP contribution in [-0.4, -0.2) is 27.0 Å². The van der Waals surface area contributed by atoms with Crippen LogP contribution in [0, 0.1) is 19.8 Å². The quantitative estimate of drug-likeness (QED) is 0.363. The molecule has 0 fully saturated rings. The Labute approximate surface area is 206 Å². The topological polar surface area (TPSA) is 67.2 Å². The van der Waals surface area contributed by atoms with Crippen LogP contribution in [0.1, 0.15) is 43.8 Å². The van der Waals surface area contributed by atoms with E-state index in [1.165, 1.54) is 0 Å². The minimum absolute atomic E-state index is 0.146. The highest BCUT2D eigenvalue weighted by molar-refractivity contribution is 5.90. The standard InChI is InChI=1S/C29H32N4O2/c1-19(2)18-32(29(35)31-25-15-8-6-12-21(25)4)22(5)27-30-26-16-9-7-14-24(26)28(34)33(27)23-13-10-11-20(3)17-23/h6-17,19,22H,18H2,1-5H3,(H,31,35). The average molecular weight is 469 g/mol. The smallest absolute Gasteiger partial charge is 0.314 e. The van der Waals surface area contributed by atoms with E-state index in [0.29, 0.717) is 23.3 Å². The Hall–Kier alpha value is -3.93. The number of aryl methyl sites for hydroxylation is 2. The van der Waals surface area contributed by atoms with Crippen molar-refractivity contribution >= 4 is 22.6 Å². The molecule has 6 nitrogen and oxygen atoms in total. The summed E-state index contributed by atoms with van der Waals surface area (Å²) in [6.45, 7) is 10.5. The highest BCUT2D eigenvalue weighted by Gasteiger charge is 2.28. The van der Waals surface area contributed by atoms with Crippen LogP contribution in [0.3, 0.4) is 0 Å². The number of benzene rings is 3. The van der Waals surface area contributed by atoms with Gasteiger partial charge >= 0.3 is 6.03 Å². The van der Waals surface area contributed by atoms with Gasteiger partial charge in [-0.05, 0) is 68.1 Å². The molecule has 1 aromatic heterocycles. The molecule has 2 amide bonds. The van der Waals surface area contributed by atoms with Crippen molar-refractivity contribution in [1.82, 2.24) is 14.5 Å². The lowest BCUT2D eigenvalue weighted by Gasteiger charge is -2.32. The summed E-state index contributed by atoms with van der Waals surface area (Å²) < 4.78 is 1.65. The number of hydrogen-bond acceptors (Lipinski definition) is 3. The monoisotopic (exact) mass is 468 g/mol. The maximum absolute atomic E-state index is 13.7. The Kier molecular flexibility index (Phi) is 7.01. The molecule has 0 spiro atoms. The first-order chi connectivity index (χ1) is 16.8. The molecule has 0 aliphatic heterocycles. The maximum atomic E-state index is 13.7. The van der Waals surface area contributed by atoms with Gasteiger partial charge in [0.05, 0.1) is 22.6 Å². The van der Waals surface area contributed by atoms with Gasteiger partial charge in [-0.15, -0.1) is 0 Å². The van der Waals surface area contributed by atoms with Crippen LogP contribution in [0.25, 0.3) is 16.6 Å². The van der Waals surface area contributed by atoms with Gasteiger partial charge in [0, 0.05) is 12.2 Å². The van der Waals surface area contributed by atoms with Gasteiger partial charge in [0.1, 0.15) is 5.82 Å². The molecule has 0 radical (unpaired) electrons. The molecule has 1 atom stereocenters. The summed E-state index contributed by atoms with van der Waals surface area (Å²) >= 11 is 0. The Bertz CT molecular complexity index is 1420. The van der Waals surface area contributed by atoms with Gasteiger partial charge in [-0.3, -0.25) is 9.36 Å². The fourth-order valence-electron chi connectivity index (χ4n) is 4.30. The zero-order valence-corrected chi connectivity index (χ0v) is 20.9. The molecule has 6 heteroatoms. The highest BCUT2D eigenvalue weighted by atomic mass is 16.2. The Morgan fingerprint density at radius 1 is 0.971 bits per heavy atom. The van der Waals surface area contributed by atoms with Crippen LogP contribution in [0.4, 0.5) is 10.5 Å². The minimum Gasteiger partial charge on any atom is -0.314 e. The Balaban J connectivity index is 1.86. The SMILES string of the molecule is Cc1cccc(-n2c(C(C)N(CC(C)C)C(=O)Nc3ccccc3C)nc3ccccc3c2=O)c1. The number of rotatable bonds is 6. The van der Waals surface area contributed by atoms with Crippen LogP contribution >= 0.6 is 0 Å². The first-order valence-corrected chi connectivity index (χ1v) is 12.0. The summed E-state index contributed by atoms with van der Waals surface area (Å²) in [4.78, 5) is 34.0. The van der Waals surface area contributed by atoms with E-state index < -0.39 is 6.04 Å². The number of urea groups is 1. The molecule has 0 saturated carbocycles. The largest absolute Gasteiger partial charge is 0.322 e. The second kappa shape index (κ2) is 10.1. The summed E-state index contributed by atoms with van der Waals surface area (Å²) in [7, 11) is 0. The van der Waals surface area contributed by atoms with Crippen LogP contribution in [0.2, 0.25) is 0 Å². The fourth-order valence-corrected chi connectivity index (χ4v) is 4.30. The third-order valence-corrected chi connectivity index (χ3v) is 6.11. The summed E-state index contributed by atoms with van der Waals surface area (Å²) in [6, 6.07) is 22.2. The first kappa shape index (κ1) is 24.2. The van der Waals surface area contributed by atoms with Gasteiger partial charge in [0.2, 0.25) is 0 Å². The van der Waals surface area contributed by atoms with Crippen molar-refractivity contribution < 1.29 is 4.79 Å². The van der Waals surface area contributed by atoms with Gasteiger partial charge in [-0.2, -0.15) is 0 Å². The lowest BCUT2D eigenvalue weighted by Crippen LogP contribution is -2.41. The van der Waals surface area contributed by atoms with E-state index in [1.54, 1.807) is 15.5 Å². The number of anilines is 1. The van der Waals surface area contributed by atoms with Crippen molar-refractivity contribution in [3.8, 4) is 5.69 Å². The summed E-state index contributed by atoms with van der Waals surface area (Å²) in [5, 5.41) is 3.60. The molecule has 4 rings (SSSR count). The van der Waals surface area contributed by atoms with Gasteiger partial charge in [0.25, 0.3) is 5.56 Å². The Morgan fingerprint density at radius 3 is 2.40 bits per heavy atom.